The molecular formula is C23H30N2O3. The second-order valence-corrected chi connectivity index (χ2v) is 8.50. The van der Waals surface area contributed by atoms with E-state index in [4.69, 9.17) is 9.15 Å². The summed E-state index contributed by atoms with van der Waals surface area (Å²) in [6, 6.07) is 12.3. The molecule has 0 N–H and O–H groups in total. The summed E-state index contributed by atoms with van der Waals surface area (Å²) < 4.78 is 12.3. The van der Waals surface area contributed by atoms with Crippen LogP contribution in [0.3, 0.4) is 0 Å². The fourth-order valence-corrected chi connectivity index (χ4v) is 4.54. The Morgan fingerprint density at radius 2 is 1.93 bits per heavy atom. The quantitative estimate of drug-likeness (QED) is 0.803. The Morgan fingerprint density at radius 3 is 2.61 bits per heavy atom. The number of aryl methyl sites for hydroxylation is 1. The molecule has 0 unspecified atom stereocenters. The molecule has 1 aromatic heterocycles. The summed E-state index contributed by atoms with van der Waals surface area (Å²) >= 11 is 0. The first-order valence-electron chi connectivity index (χ1n) is 10.2. The minimum Gasteiger partial charge on any atom is -0.487 e. The van der Waals surface area contributed by atoms with Gasteiger partial charge in [0.05, 0.1) is 6.54 Å². The van der Waals surface area contributed by atoms with Crippen molar-refractivity contribution in [1.82, 2.24) is 9.80 Å². The number of likely N-dealkylation sites (tertiary alicyclic amines) is 1. The first-order valence-corrected chi connectivity index (χ1v) is 10.2. The SMILES string of the molecule is Cc1ccc(CN2CCC3(CC2)C[C@H](CC(=O)N(C)C)c2ccccc2O3)o1. The van der Waals surface area contributed by atoms with Crippen LogP contribution in [0.5, 0.6) is 5.75 Å². The molecule has 1 fully saturated rings. The number of rotatable bonds is 4. The van der Waals surface area contributed by atoms with Crippen molar-refractivity contribution in [2.45, 2.75) is 50.7 Å². The highest BCUT2D eigenvalue weighted by Crippen LogP contribution is 2.46. The molecule has 1 aromatic carbocycles. The molecule has 2 aliphatic rings. The number of carbonyl (C=O) groups is 1. The lowest BCUT2D eigenvalue weighted by Crippen LogP contribution is -2.50. The van der Waals surface area contributed by atoms with Crippen LogP contribution in [-0.2, 0) is 11.3 Å². The van der Waals surface area contributed by atoms with Gasteiger partial charge in [-0.1, -0.05) is 18.2 Å². The van der Waals surface area contributed by atoms with Crippen LogP contribution in [-0.4, -0.2) is 48.5 Å². The summed E-state index contributed by atoms with van der Waals surface area (Å²) in [5.74, 6) is 3.35. The monoisotopic (exact) mass is 382 g/mol. The van der Waals surface area contributed by atoms with Gasteiger partial charge in [-0.05, 0) is 49.9 Å². The summed E-state index contributed by atoms with van der Waals surface area (Å²) in [4.78, 5) is 16.5. The molecule has 0 aliphatic carbocycles. The summed E-state index contributed by atoms with van der Waals surface area (Å²) in [5, 5.41) is 0. The average molecular weight is 383 g/mol. The number of furan rings is 1. The van der Waals surface area contributed by atoms with E-state index < -0.39 is 0 Å². The minimum atomic E-state index is -0.165. The fraction of sp³-hybridized carbons (Fsp3) is 0.522. The van der Waals surface area contributed by atoms with Crippen molar-refractivity contribution in [2.75, 3.05) is 27.2 Å². The van der Waals surface area contributed by atoms with Gasteiger partial charge in [-0.15, -0.1) is 0 Å². The lowest BCUT2D eigenvalue weighted by atomic mass is 9.76. The maximum absolute atomic E-state index is 12.4. The fourth-order valence-electron chi connectivity index (χ4n) is 4.54. The molecule has 4 rings (SSSR count). The molecule has 2 aliphatic heterocycles. The van der Waals surface area contributed by atoms with Crippen molar-refractivity contribution in [1.29, 1.82) is 0 Å². The van der Waals surface area contributed by atoms with Gasteiger partial charge >= 0.3 is 0 Å². The Bertz CT molecular complexity index is 834. The van der Waals surface area contributed by atoms with Crippen LogP contribution in [0.1, 0.15) is 48.7 Å². The molecule has 150 valence electrons. The number of hydrogen-bond donors (Lipinski definition) is 0. The predicted molar refractivity (Wildman–Crippen MR) is 108 cm³/mol. The van der Waals surface area contributed by atoms with Crippen LogP contribution in [0, 0.1) is 6.92 Å². The summed E-state index contributed by atoms with van der Waals surface area (Å²) in [6.07, 6.45) is 3.42. The van der Waals surface area contributed by atoms with Gasteiger partial charge in [0.2, 0.25) is 5.91 Å². The standard InChI is InChI=1S/C23H30N2O3/c1-17-8-9-19(27-17)16-25-12-10-23(11-13-25)15-18(14-22(26)24(2)3)20-6-4-5-7-21(20)28-23/h4-9,18H,10-16H2,1-3H3/t18-/m0/s1. The van der Waals surface area contributed by atoms with E-state index in [1.807, 2.05) is 39.2 Å². The lowest BCUT2D eigenvalue weighted by molar-refractivity contribution is -0.129. The second-order valence-electron chi connectivity index (χ2n) is 8.50. The first kappa shape index (κ1) is 19.1. The molecule has 1 spiro atoms. The molecular weight excluding hydrogens is 352 g/mol. The zero-order chi connectivity index (χ0) is 19.7. The van der Waals surface area contributed by atoms with Crippen LogP contribution < -0.4 is 4.74 Å². The van der Waals surface area contributed by atoms with E-state index in [2.05, 4.69) is 23.1 Å². The predicted octanol–water partition coefficient (Wildman–Crippen LogP) is 3.97. The zero-order valence-electron chi connectivity index (χ0n) is 17.1. The van der Waals surface area contributed by atoms with Crippen LogP contribution in [0.25, 0.3) is 0 Å². The third-order valence-electron chi connectivity index (χ3n) is 6.17. The van der Waals surface area contributed by atoms with Crippen LogP contribution in [0.2, 0.25) is 0 Å². The maximum Gasteiger partial charge on any atom is 0.222 e. The van der Waals surface area contributed by atoms with Crippen LogP contribution in [0.15, 0.2) is 40.8 Å². The van der Waals surface area contributed by atoms with E-state index in [0.717, 1.165) is 56.2 Å². The van der Waals surface area contributed by atoms with Crippen LogP contribution in [0.4, 0.5) is 0 Å². The topological polar surface area (TPSA) is 45.9 Å². The lowest BCUT2D eigenvalue weighted by Gasteiger charge is -2.47. The third-order valence-corrected chi connectivity index (χ3v) is 6.17. The number of para-hydroxylation sites is 1. The number of piperidine rings is 1. The molecule has 0 saturated carbocycles. The Balaban J connectivity index is 1.47. The van der Waals surface area contributed by atoms with Gasteiger partial charge in [0.25, 0.3) is 0 Å². The Hall–Kier alpha value is -2.27. The minimum absolute atomic E-state index is 0.165. The van der Waals surface area contributed by atoms with Gasteiger partial charge in [0, 0.05) is 39.5 Å². The summed E-state index contributed by atoms with van der Waals surface area (Å²) in [6.45, 7) is 4.80. The molecule has 0 bridgehead atoms. The third kappa shape index (κ3) is 3.95. The second kappa shape index (κ2) is 7.63. The molecule has 2 aromatic rings. The molecule has 28 heavy (non-hydrogen) atoms. The molecule has 0 radical (unpaired) electrons. The van der Waals surface area contributed by atoms with E-state index in [1.54, 1.807) is 4.90 Å². The number of nitrogens with zero attached hydrogens (tertiary/aromatic N) is 2. The van der Waals surface area contributed by atoms with Gasteiger partial charge in [-0.3, -0.25) is 9.69 Å². The largest absolute Gasteiger partial charge is 0.487 e. The first-order chi connectivity index (χ1) is 13.4. The van der Waals surface area contributed by atoms with E-state index in [1.165, 1.54) is 5.56 Å². The molecule has 3 heterocycles. The number of carbonyl (C=O) groups excluding carboxylic acids is 1. The highest BCUT2D eigenvalue weighted by atomic mass is 16.5. The number of fused-ring (bicyclic) bond motifs is 1. The Morgan fingerprint density at radius 1 is 1.18 bits per heavy atom. The highest BCUT2D eigenvalue weighted by molar-refractivity contribution is 5.76. The van der Waals surface area contributed by atoms with Crippen molar-refractivity contribution < 1.29 is 13.9 Å². The average Bonchev–Trinajstić information content (AvgIpc) is 3.08. The molecule has 1 amide bonds. The maximum atomic E-state index is 12.4. The van der Waals surface area contributed by atoms with E-state index in [9.17, 15) is 4.79 Å². The Kier molecular flexibility index (Phi) is 5.19. The molecule has 1 saturated heterocycles. The van der Waals surface area contributed by atoms with E-state index >= 15 is 0 Å². The Labute approximate surface area is 167 Å². The number of ether oxygens (including phenoxy) is 1. The molecule has 5 nitrogen and oxygen atoms in total. The summed E-state index contributed by atoms with van der Waals surface area (Å²) in [7, 11) is 3.66. The van der Waals surface area contributed by atoms with Gasteiger partial charge < -0.3 is 14.1 Å². The van der Waals surface area contributed by atoms with Crippen molar-refractivity contribution in [2.24, 2.45) is 0 Å². The van der Waals surface area contributed by atoms with Crippen molar-refractivity contribution in [3.63, 3.8) is 0 Å². The van der Waals surface area contributed by atoms with Gasteiger partial charge in [0.1, 0.15) is 22.9 Å². The normalized spacial score (nSPS) is 21.2. The van der Waals surface area contributed by atoms with Crippen molar-refractivity contribution in [3.8, 4) is 5.75 Å². The van der Waals surface area contributed by atoms with E-state index in [-0.39, 0.29) is 17.4 Å². The van der Waals surface area contributed by atoms with Crippen molar-refractivity contribution in [3.05, 3.63) is 53.5 Å². The number of benzene rings is 1. The van der Waals surface area contributed by atoms with Crippen LogP contribution >= 0.6 is 0 Å². The molecule has 1 atom stereocenters. The number of hydrogen-bond acceptors (Lipinski definition) is 4. The van der Waals surface area contributed by atoms with Gasteiger partial charge in [-0.2, -0.15) is 0 Å². The van der Waals surface area contributed by atoms with E-state index in [0.29, 0.717) is 6.42 Å². The smallest absolute Gasteiger partial charge is 0.222 e. The highest BCUT2D eigenvalue weighted by Gasteiger charge is 2.43. The number of amides is 1. The summed E-state index contributed by atoms with van der Waals surface area (Å²) in [5.41, 5.74) is 1.01. The van der Waals surface area contributed by atoms with Gasteiger partial charge in [-0.25, -0.2) is 0 Å². The van der Waals surface area contributed by atoms with Crippen molar-refractivity contribution >= 4 is 5.91 Å². The zero-order valence-corrected chi connectivity index (χ0v) is 17.1. The van der Waals surface area contributed by atoms with Gasteiger partial charge in [0.15, 0.2) is 0 Å². The molecule has 5 heteroatoms.